The van der Waals surface area contributed by atoms with Gasteiger partial charge in [-0.05, 0) is 44.7 Å². The molecule has 0 aliphatic carbocycles. The molecule has 1 aliphatic rings. The van der Waals surface area contributed by atoms with E-state index in [0.717, 1.165) is 18.5 Å². The van der Waals surface area contributed by atoms with Crippen molar-refractivity contribution in [3.05, 3.63) is 35.9 Å². The van der Waals surface area contributed by atoms with Crippen LogP contribution in [0.3, 0.4) is 0 Å². The van der Waals surface area contributed by atoms with E-state index in [1.165, 1.54) is 6.92 Å². The van der Waals surface area contributed by atoms with Crippen LogP contribution in [0.15, 0.2) is 35.3 Å². The summed E-state index contributed by atoms with van der Waals surface area (Å²) in [5.41, 5.74) is 11.3. The van der Waals surface area contributed by atoms with Crippen molar-refractivity contribution in [2.45, 2.75) is 63.2 Å². The van der Waals surface area contributed by atoms with Crippen LogP contribution in [0.25, 0.3) is 0 Å². The number of carbonyl (C=O) groups is 4. The first-order chi connectivity index (χ1) is 16.7. The van der Waals surface area contributed by atoms with Crippen LogP contribution in [0.2, 0.25) is 0 Å². The fourth-order valence-electron chi connectivity index (χ4n) is 3.68. The monoisotopic (exact) mass is 489 g/mol. The highest BCUT2D eigenvalue weighted by atomic mass is 16.4. The van der Waals surface area contributed by atoms with E-state index in [-0.39, 0.29) is 37.3 Å². The van der Waals surface area contributed by atoms with E-state index in [1.807, 2.05) is 6.07 Å². The number of carboxylic acid groups (broad SMARTS) is 1. The number of guanidine groups is 1. The Kier molecular flexibility index (Phi) is 10.9. The van der Waals surface area contributed by atoms with E-state index in [9.17, 15) is 24.3 Å². The molecular formula is C23H35N7O5. The van der Waals surface area contributed by atoms with Crippen molar-refractivity contribution >= 4 is 29.7 Å². The maximum atomic E-state index is 13.0. The first-order valence-corrected chi connectivity index (χ1v) is 11.6. The number of benzene rings is 1. The second kappa shape index (κ2) is 13.9. The smallest absolute Gasteiger partial charge is 0.326 e. The largest absolute Gasteiger partial charge is 0.480 e. The van der Waals surface area contributed by atoms with Gasteiger partial charge in [0.05, 0.1) is 6.04 Å². The number of hydrogen-bond donors (Lipinski definition) is 7. The van der Waals surface area contributed by atoms with Crippen LogP contribution in [0, 0.1) is 0 Å². The third-order valence-electron chi connectivity index (χ3n) is 5.60. The number of aliphatic carboxylic acids is 1. The zero-order chi connectivity index (χ0) is 25.8. The highest BCUT2D eigenvalue weighted by Crippen LogP contribution is 2.07. The second-order valence-corrected chi connectivity index (χ2v) is 8.48. The van der Waals surface area contributed by atoms with Gasteiger partial charge in [0.25, 0.3) is 0 Å². The molecule has 2 rings (SSSR count). The number of carboxylic acids is 1. The standard InChI is InChI=1S/C23H35N7O5/c1-14(28-20(32)16-9-5-11-26-16)19(31)30-18(13-15-7-3-2-4-8-15)21(33)29-17(22(34)35)10-6-12-27-23(24)25/h2-4,7-8,14,16-18,26H,5-6,9-13H2,1H3,(H,28,32)(H,29,33)(H,30,31)(H,34,35)(H4,24,25,27). The van der Waals surface area contributed by atoms with Crippen molar-refractivity contribution in [1.29, 1.82) is 0 Å². The minimum atomic E-state index is -1.21. The zero-order valence-electron chi connectivity index (χ0n) is 19.8. The molecule has 4 unspecified atom stereocenters. The lowest BCUT2D eigenvalue weighted by Crippen LogP contribution is -2.56. The highest BCUT2D eigenvalue weighted by Gasteiger charge is 2.30. The highest BCUT2D eigenvalue weighted by molar-refractivity contribution is 5.94. The third-order valence-corrected chi connectivity index (χ3v) is 5.60. The average Bonchev–Trinajstić information content (AvgIpc) is 3.36. The van der Waals surface area contributed by atoms with E-state index in [2.05, 4.69) is 26.3 Å². The van der Waals surface area contributed by atoms with Gasteiger partial charge in [-0.25, -0.2) is 4.79 Å². The topological polar surface area (TPSA) is 201 Å². The summed E-state index contributed by atoms with van der Waals surface area (Å²) in [4.78, 5) is 53.7. The lowest BCUT2D eigenvalue weighted by molar-refractivity contribution is -0.142. The molecule has 0 bridgehead atoms. The summed E-state index contributed by atoms with van der Waals surface area (Å²) in [7, 11) is 0. The molecule has 0 aromatic heterocycles. The van der Waals surface area contributed by atoms with Crippen molar-refractivity contribution in [3.63, 3.8) is 0 Å². The third kappa shape index (κ3) is 9.61. The molecule has 4 atom stereocenters. The molecule has 0 saturated carbocycles. The Bertz CT molecular complexity index is 899. The van der Waals surface area contributed by atoms with Crippen LogP contribution < -0.4 is 32.7 Å². The predicted molar refractivity (Wildman–Crippen MR) is 130 cm³/mol. The Morgan fingerprint density at radius 3 is 2.37 bits per heavy atom. The Morgan fingerprint density at radius 1 is 1.09 bits per heavy atom. The van der Waals surface area contributed by atoms with Crippen molar-refractivity contribution in [1.82, 2.24) is 21.3 Å². The van der Waals surface area contributed by atoms with Gasteiger partial charge in [0, 0.05) is 13.0 Å². The number of nitrogens with two attached hydrogens (primary N) is 2. The molecule has 1 fully saturated rings. The maximum absolute atomic E-state index is 13.0. The first-order valence-electron chi connectivity index (χ1n) is 11.6. The Morgan fingerprint density at radius 2 is 1.77 bits per heavy atom. The summed E-state index contributed by atoms with van der Waals surface area (Å²) in [6.45, 7) is 2.50. The van der Waals surface area contributed by atoms with Gasteiger partial charge in [-0.15, -0.1) is 0 Å². The number of nitrogens with zero attached hydrogens (tertiary/aromatic N) is 1. The average molecular weight is 490 g/mol. The lowest BCUT2D eigenvalue weighted by Gasteiger charge is -2.24. The summed E-state index contributed by atoms with van der Waals surface area (Å²) in [6.07, 6.45) is 2.16. The number of rotatable bonds is 13. The molecule has 1 saturated heterocycles. The van der Waals surface area contributed by atoms with Crippen LogP contribution in [0.4, 0.5) is 0 Å². The van der Waals surface area contributed by atoms with Crippen molar-refractivity contribution < 1.29 is 24.3 Å². The molecule has 0 spiro atoms. The van der Waals surface area contributed by atoms with Crippen LogP contribution in [-0.2, 0) is 25.6 Å². The van der Waals surface area contributed by atoms with Gasteiger partial charge in [0.15, 0.2) is 5.96 Å². The summed E-state index contributed by atoms with van der Waals surface area (Å²) >= 11 is 0. The molecule has 192 valence electrons. The summed E-state index contributed by atoms with van der Waals surface area (Å²) < 4.78 is 0. The predicted octanol–water partition coefficient (Wildman–Crippen LogP) is -1.41. The van der Waals surface area contributed by atoms with Gasteiger partial charge >= 0.3 is 5.97 Å². The molecule has 9 N–H and O–H groups in total. The number of amides is 3. The minimum absolute atomic E-state index is 0.100. The fraction of sp³-hybridized carbons (Fsp3) is 0.522. The molecule has 3 amide bonds. The molecule has 1 aromatic rings. The summed E-state index contributed by atoms with van der Waals surface area (Å²) in [6, 6.07) is 5.56. The maximum Gasteiger partial charge on any atom is 0.326 e. The van der Waals surface area contributed by atoms with Crippen LogP contribution in [0.1, 0.15) is 38.2 Å². The molecule has 12 nitrogen and oxygen atoms in total. The Labute approximate surface area is 204 Å². The van der Waals surface area contributed by atoms with Crippen LogP contribution >= 0.6 is 0 Å². The van der Waals surface area contributed by atoms with E-state index >= 15 is 0 Å². The second-order valence-electron chi connectivity index (χ2n) is 8.48. The van der Waals surface area contributed by atoms with Crippen molar-refractivity contribution in [2.24, 2.45) is 16.5 Å². The number of carbonyl (C=O) groups excluding carboxylic acids is 3. The lowest BCUT2D eigenvalue weighted by atomic mass is 10.0. The first kappa shape index (κ1) is 27.6. The molecule has 1 heterocycles. The quantitative estimate of drug-likeness (QED) is 0.0995. The van der Waals surface area contributed by atoms with E-state index in [0.29, 0.717) is 12.8 Å². The SMILES string of the molecule is CC(NC(=O)C1CCCN1)C(=O)NC(Cc1ccccc1)C(=O)NC(CCCN=C(N)N)C(=O)O. The van der Waals surface area contributed by atoms with Gasteiger partial charge in [-0.1, -0.05) is 30.3 Å². The van der Waals surface area contributed by atoms with Gasteiger partial charge in [-0.2, -0.15) is 0 Å². The van der Waals surface area contributed by atoms with E-state index in [4.69, 9.17) is 11.5 Å². The van der Waals surface area contributed by atoms with Crippen molar-refractivity contribution in [3.8, 4) is 0 Å². The van der Waals surface area contributed by atoms with Gasteiger partial charge in [0.2, 0.25) is 17.7 Å². The molecule has 12 heteroatoms. The van der Waals surface area contributed by atoms with Gasteiger partial charge < -0.3 is 37.8 Å². The molecule has 1 aromatic carbocycles. The van der Waals surface area contributed by atoms with Crippen molar-refractivity contribution in [2.75, 3.05) is 13.1 Å². The zero-order valence-corrected chi connectivity index (χ0v) is 19.8. The van der Waals surface area contributed by atoms with E-state index < -0.39 is 35.9 Å². The molecular weight excluding hydrogens is 454 g/mol. The molecule has 0 radical (unpaired) electrons. The molecule has 1 aliphatic heterocycles. The fourth-order valence-corrected chi connectivity index (χ4v) is 3.68. The van der Waals surface area contributed by atoms with Gasteiger partial charge in [0.1, 0.15) is 18.1 Å². The normalized spacial score (nSPS) is 17.5. The number of aliphatic imine (C=N–C) groups is 1. The van der Waals surface area contributed by atoms with Crippen LogP contribution in [-0.4, -0.2) is 72.0 Å². The van der Waals surface area contributed by atoms with Crippen LogP contribution in [0.5, 0.6) is 0 Å². The summed E-state index contributed by atoms with van der Waals surface area (Å²) in [5, 5.41) is 20.4. The van der Waals surface area contributed by atoms with Gasteiger partial charge in [-0.3, -0.25) is 19.4 Å². The van der Waals surface area contributed by atoms with E-state index in [1.54, 1.807) is 24.3 Å². The number of nitrogens with one attached hydrogen (secondary N) is 4. The minimum Gasteiger partial charge on any atom is -0.480 e. The Hall–Kier alpha value is -3.67. The summed E-state index contributed by atoms with van der Waals surface area (Å²) in [5.74, 6) is -2.78. The Balaban J connectivity index is 2.05. The molecule has 35 heavy (non-hydrogen) atoms. The number of hydrogen-bond acceptors (Lipinski definition) is 6.